The zero-order valence-corrected chi connectivity index (χ0v) is 11.3. The van der Waals surface area contributed by atoms with Crippen LogP contribution in [-0.4, -0.2) is 38.5 Å². The first kappa shape index (κ1) is 13.7. The molecule has 0 saturated heterocycles. The van der Waals surface area contributed by atoms with Crippen LogP contribution in [0.15, 0.2) is 18.2 Å². The zero-order valence-electron chi connectivity index (χ0n) is 10.5. The molecule has 5 heteroatoms. The quantitative estimate of drug-likeness (QED) is 0.599. The van der Waals surface area contributed by atoms with E-state index in [9.17, 15) is 0 Å². The smallest absolute Gasteiger partial charge is 0.124 e. The van der Waals surface area contributed by atoms with Crippen molar-refractivity contribution < 1.29 is 4.74 Å². The third-order valence-corrected chi connectivity index (χ3v) is 3.13. The third-order valence-electron chi connectivity index (χ3n) is 2.54. The Morgan fingerprint density at radius 2 is 2.24 bits per heavy atom. The molecular formula is C12H19N3OS. The molecule has 0 aromatic heterocycles. The molecule has 1 aromatic carbocycles. The summed E-state index contributed by atoms with van der Waals surface area (Å²) < 4.78 is 5.20. The van der Waals surface area contributed by atoms with E-state index in [0.29, 0.717) is 0 Å². The van der Waals surface area contributed by atoms with Gasteiger partial charge in [-0.2, -0.15) is 11.8 Å². The summed E-state index contributed by atoms with van der Waals surface area (Å²) in [5.41, 5.74) is 7.26. The lowest BCUT2D eigenvalue weighted by molar-refractivity contribution is 0.415. The van der Waals surface area contributed by atoms with Crippen LogP contribution in [0.25, 0.3) is 0 Å². The summed E-state index contributed by atoms with van der Waals surface area (Å²) in [6, 6.07) is 5.56. The summed E-state index contributed by atoms with van der Waals surface area (Å²) in [5, 5.41) is 7.58. The number of hydrogen-bond acceptors (Lipinski definition) is 4. The lowest BCUT2D eigenvalue weighted by atomic mass is 10.1. The summed E-state index contributed by atoms with van der Waals surface area (Å²) in [6.07, 6.45) is 2.07. The highest BCUT2D eigenvalue weighted by molar-refractivity contribution is 7.98. The molecule has 0 amide bonds. The highest BCUT2D eigenvalue weighted by Crippen LogP contribution is 2.25. The second kappa shape index (κ2) is 6.39. The summed E-state index contributed by atoms with van der Waals surface area (Å²) in [7, 11) is 3.63. The Morgan fingerprint density at radius 1 is 1.53 bits per heavy atom. The minimum atomic E-state index is 0.0821. The Hall–Kier alpha value is -1.36. The number of nitrogen functional groups attached to an aromatic ring is 1. The van der Waals surface area contributed by atoms with E-state index in [1.165, 1.54) is 0 Å². The number of nitrogens with zero attached hydrogens (tertiary/aromatic N) is 1. The molecule has 17 heavy (non-hydrogen) atoms. The predicted octanol–water partition coefficient (Wildman–Crippen LogP) is 1.78. The van der Waals surface area contributed by atoms with E-state index in [1.54, 1.807) is 18.9 Å². The lowest BCUT2D eigenvalue weighted by Crippen LogP contribution is -2.24. The van der Waals surface area contributed by atoms with Crippen molar-refractivity contribution in [3.63, 3.8) is 0 Å². The average molecular weight is 253 g/mol. The van der Waals surface area contributed by atoms with E-state index in [0.717, 1.165) is 29.3 Å². The van der Waals surface area contributed by atoms with Crippen LogP contribution >= 0.6 is 11.8 Å². The Balaban J connectivity index is 3.03. The van der Waals surface area contributed by atoms with Crippen LogP contribution in [0.3, 0.4) is 0 Å². The second-order valence-corrected chi connectivity index (χ2v) is 4.70. The first-order chi connectivity index (χ1) is 8.10. The van der Waals surface area contributed by atoms with Gasteiger partial charge in [0.05, 0.1) is 12.8 Å². The predicted molar refractivity (Wildman–Crippen MR) is 75.7 cm³/mol. The van der Waals surface area contributed by atoms with Crippen LogP contribution in [0.2, 0.25) is 0 Å². The van der Waals surface area contributed by atoms with Crippen molar-refractivity contribution in [3.8, 4) is 5.75 Å². The van der Waals surface area contributed by atoms with Crippen molar-refractivity contribution in [1.82, 2.24) is 0 Å². The summed E-state index contributed by atoms with van der Waals surface area (Å²) in [5.74, 6) is 1.89. The summed E-state index contributed by atoms with van der Waals surface area (Å²) >= 11 is 1.79. The van der Waals surface area contributed by atoms with Crippen LogP contribution in [-0.2, 0) is 0 Å². The molecule has 0 spiro atoms. The number of ether oxygens (including phenoxy) is 1. The number of anilines is 1. The van der Waals surface area contributed by atoms with Gasteiger partial charge < -0.3 is 15.4 Å². The molecule has 0 atom stereocenters. The van der Waals surface area contributed by atoms with Gasteiger partial charge >= 0.3 is 0 Å². The number of methoxy groups -OCH3 is 1. The molecule has 0 radical (unpaired) electrons. The SMILES string of the molecule is COc1ccc(C(=N)N)c(N(C)CCSC)c1. The van der Waals surface area contributed by atoms with E-state index < -0.39 is 0 Å². The Kier molecular flexibility index (Phi) is 5.15. The van der Waals surface area contributed by atoms with Crippen molar-refractivity contribution in [2.24, 2.45) is 5.73 Å². The molecule has 0 aliphatic rings. The zero-order chi connectivity index (χ0) is 12.8. The Labute approximate surface area is 107 Å². The molecule has 0 unspecified atom stereocenters. The highest BCUT2D eigenvalue weighted by Gasteiger charge is 2.10. The third kappa shape index (κ3) is 3.56. The fraction of sp³-hybridized carbons (Fsp3) is 0.417. The molecule has 3 N–H and O–H groups in total. The molecule has 94 valence electrons. The lowest BCUT2D eigenvalue weighted by Gasteiger charge is -2.22. The number of nitrogens with one attached hydrogen (secondary N) is 1. The monoisotopic (exact) mass is 253 g/mol. The van der Waals surface area contributed by atoms with Gasteiger partial charge in [0.15, 0.2) is 0 Å². The number of nitrogens with two attached hydrogens (primary N) is 1. The van der Waals surface area contributed by atoms with E-state index in [2.05, 4.69) is 11.2 Å². The standard InChI is InChI=1S/C12H19N3OS/c1-15(6-7-17-3)11-8-9(16-2)4-5-10(11)12(13)14/h4-5,8H,6-7H2,1-3H3,(H3,13,14). The number of thioether (sulfide) groups is 1. The fourth-order valence-electron chi connectivity index (χ4n) is 1.53. The first-order valence-electron chi connectivity index (χ1n) is 5.32. The number of amidine groups is 1. The molecular weight excluding hydrogens is 234 g/mol. The number of benzene rings is 1. The maximum atomic E-state index is 7.58. The van der Waals surface area contributed by atoms with E-state index in [1.807, 2.05) is 25.2 Å². The average Bonchev–Trinajstić information content (AvgIpc) is 2.34. The van der Waals surface area contributed by atoms with Gasteiger partial charge in [0.2, 0.25) is 0 Å². The minimum Gasteiger partial charge on any atom is -0.497 e. The van der Waals surface area contributed by atoms with Crippen LogP contribution < -0.4 is 15.4 Å². The second-order valence-electron chi connectivity index (χ2n) is 3.71. The maximum Gasteiger partial charge on any atom is 0.124 e. The van der Waals surface area contributed by atoms with Gasteiger partial charge in [0, 0.05) is 31.0 Å². The van der Waals surface area contributed by atoms with Gasteiger partial charge in [-0.25, -0.2) is 0 Å². The first-order valence-corrected chi connectivity index (χ1v) is 6.72. The Morgan fingerprint density at radius 3 is 2.76 bits per heavy atom. The van der Waals surface area contributed by atoms with Crippen molar-refractivity contribution in [2.45, 2.75) is 0 Å². The minimum absolute atomic E-state index is 0.0821. The molecule has 0 fully saturated rings. The van der Waals surface area contributed by atoms with Crippen molar-refractivity contribution >= 4 is 23.3 Å². The summed E-state index contributed by atoms with van der Waals surface area (Å²) in [4.78, 5) is 2.09. The number of hydrogen-bond donors (Lipinski definition) is 2. The van der Waals surface area contributed by atoms with Gasteiger partial charge in [-0.15, -0.1) is 0 Å². The van der Waals surface area contributed by atoms with Crippen molar-refractivity contribution in [3.05, 3.63) is 23.8 Å². The van der Waals surface area contributed by atoms with Gasteiger partial charge in [-0.05, 0) is 18.4 Å². The maximum absolute atomic E-state index is 7.58. The normalized spacial score (nSPS) is 10.1. The molecule has 0 bridgehead atoms. The van der Waals surface area contributed by atoms with Crippen molar-refractivity contribution in [2.75, 3.05) is 37.6 Å². The van der Waals surface area contributed by atoms with Crippen LogP contribution in [0.5, 0.6) is 5.75 Å². The largest absolute Gasteiger partial charge is 0.497 e. The molecule has 0 heterocycles. The molecule has 4 nitrogen and oxygen atoms in total. The number of rotatable bonds is 6. The Bertz CT molecular complexity index is 395. The fourth-order valence-corrected chi connectivity index (χ4v) is 1.99. The van der Waals surface area contributed by atoms with Crippen LogP contribution in [0.1, 0.15) is 5.56 Å². The molecule has 0 aliphatic heterocycles. The van der Waals surface area contributed by atoms with Gasteiger partial charge in [-0.1, -0.05) is 0 Å². The van der Waals surface area contributed by atoms with Crippen LogP contribution in [0, 0.1) is 5.41 Å². The molecule has 1 rings (SSSR count). The topological polar surface area (TPSA) is 62.3 Å². The molecule has 0 saturated carbocycles. The van der Waals surface area contributed by atoms with E-state index in [4.69, 9.17) is 15.9 Å². The highest BCUT2D eigenvalue weighted by atomic mass is 32.2. The van der Waals surface area contributed by atoms with E-state index >= 15 is 0 Å². The molecule has 0 aliphatic carbocycles. The van der Waals surface area contributed by atoms with Gasteiger partial charge in [0.25, 0.3) is 0 Å². The van der Waals surface area contributed by atoms with Gasteiger partial charge in [-0.3, -0.25) is 5.41 Å². The van der Waals surface area contributed by atoms with Crippen molar-refractivity contribution in [1.29, 1.82) is 5.41 Å². The molecule has 1 aromatic rings. The summed E-state index contributed by atoms with van der Waals surface area (Å²) in [6.45, 7) is 0.911. The van der Waals surface area contributed by atoms with E-state index in [-0.39, 0.29) is 5.84 Å². The van der Waals surface area contributed by atoms with Crippen LogP contribution in [0.4, 0.5) is 5.69 Å². The van der Waals surface area contributed by atoms with Gasteiger partial charge in [0.1, 0.15) is 11.6 Å².